The van der Waals surface area contributed by atoms with Gasteiger partial charge in [-0.3, -0.25) is 10.2 Å². The second-order valence-electron chi connectivity index (χ2n) is 2.94. The fourth-order valence-corrected chi connectivity index (χ4v) is 1.26. The van der Waals surface area contributed by atoms with Gasteiger partial charge in [0.25, 0.3) is 0 Å². The molecule has 0 radical (unpaired) electrons. The molecule has 0 rings (SSSR count). The van der Waals surface area contributed by atoms with Crippen LogP contribution >= 0.6 is 11.8 Å². The molecule has 1 amide bonds. The van der Waals surface area contributed by atoms with Crippen molar-refractivity contribution in [3.05, 3.63) is 0 Å². The van der Waals surface area contributed by atoms with Crippen molar-refractivity contribution in [2.45, 2.75) is 38.5 Å². The summed E-state index contributed by atoms with van der Waals surface area (Å²) in [6.07, 6.45) is 0.906. The third-order valence-electron chi connectivity index (χ3n) is 1.67. The predicted molar refractivity (Wildman–Crippen MR) is 56.9 cm³/mol. The highest BCUT2D eigenvalue weighted by molar-refractivity contribution is 8.14. The van der Waals surface area contributed by atoms with E-state index in [9.17, 15) is 4.79 Å². The van der Waals surface area contributed by atoms with E-state index in [2.05, 4.69) is 5.32 Å². The maximum absolute atomic E-state index is 11.4. The van der Waals surface area contributed by atoms with Crippen LogP contribution in [0.3, 0.4) is 0 Å². The Morgan fingerprint density at radius 1 is 1.62 bits per heavy atom. The Morgan fingerprint density at radius 3 is 2.54 bits per heavy atom. The lowest BCUT2D eigenvalue weighted by Crippen LogP contribution is -2.38. The van der Waals surface area contributed by atoms with E-state index < -0.39 is 0 Å². The standard InChI is InChI=1S/C8H17N3OS/c1-4-5(2)11-7(12)6(3)13-8(9)10/h5-6H,4H2,1-3H3,(H3,9,10)(H,11,12). The zero-order valence-electron chi connectivity index (χ0n) is 8.26. The largest absolute Gasteiger partial charge is 0.379 e. The third kappa shape index (κ3) is 5.52. The number of thioether (sulfide) groups is 1. The first-order valence-corrected chi connectivity index (χ1v) is 5.16. The van der Waals surface area contributed by atoms with Crippen LogP contribution in [0.4, 0.5) is 0 Å². The second kappa shape index (κ2) is 5.85. The molecule has 0 aromatic carbocycles. The highest BCUT2D eigenvalue weighted by Gasteiger charge is 2.15. The molecule has 0 saturated heterocycles. The Hall–Kier alpha value is -0.710. The van der Waals surface area contributed by atoms with Gasteiger partial charge in [-0.05, 0) is 20.3 Å². The van der Waals surface area contributed by atoms with E-state index in [0.29, 0.717) is 0 Å². The van der Waals surface area contributed by atoms with Gasteiger partial charge in [-0.25, -0.2) is 0 Å². The van der Waals surface area contributed by atoms with Crippen molar-refractivity contribution in [2.75, 3.05) is 0 Å². The number of carbonyl (C=O) groups excluding carboxylic acids is 1. The van der Waals surface area contributed by atoms with Gasteiger partial charge in [-0.2, -0.15) is 0 Å². The third-order valence-corrected chi connectivity index (χ3v) is 2.50. The zero-order valence-corrected chi connectivity index (χ0v) is 9.07. The highest BCUT2D eigenvalue weighted by atomic mass is 32.2. The molecule has 0 aliphatic heterocycles. The molecule has 76 valence electrons. The Bertz CT molecular complexity index is 196. The zero-order chi connectivity index (χ0) is 10.4. The topological polar surface area (TPSA) is 79.0 Å². The highest BCUT2D eigenvalue weighted by Crippen LogP contribution is 2.09. The van der Waals surface area contributed by atoms with E-state index in [-0.39, 0.29) is 22.4 Å². The van der Waals surface area contributed by atoms with Crippen LogP contribution in [0.2, 0.25) is 0 Å². The Kier molecular flexibility index (Phi) is 5.53. The van der Waals surface area contributed by atoms with Crippen LogP contribution in [0, 0.1) is 5.41 Å². The van der Waals surface area contributed by atoms with Gasteiger partial charge >= 0.3 is 0 Å². The summed E-state index contributed by atoms with van der Waals surface area (Å²) in [5, 5.41) is 9.52. The predicted octanol–water partition coefficient (Wildman–Crippen LogP) is 0.916. The summed E-state index contributed by atoms with van der Waals surface area (Å²) >= 11 is 1.06. The SMILES string of the molecule is CCC(C)NC(=O)C(C)SC(=N)N. The van der Waals surface area contributed by atoms with Crippen molar-refractivity contribution < 1.29 is 4.79 Å². The Balaban J connectivity index is 3.89. The average molecular weight is 203 g/mol. The smallest absolute Gasteiger partial charge is 0.233 e. The molecule has 0 saturated carbocycles. The molecule has 2 unspecified atom stereocenters. The molecule has 0 heterocycles. The molecule has 0 aromatic rings. The lowest BCUT2D eigenvalue weighted by Gasteiger charge is -2.15. The summed E-state index contributed by atoms with van der Waals surface area (Å²) in [6.45, 7) is 5.70. The van der Waals surface area contributed by atoms with Crippen molar-refractivity contribution in [1.82, 2.24) is 5.32 Å². The molecule has 4 N–H and O–H groups in total. The van der Waals surface area contributed by atoms with Crippen LogP contribution in [0.25, 0.3) is 0 Å². The molecule has 13 heavy (non-hydrogen) atoms. The van der Waals surface area contributed by atoms with Crippen molar-refractivity contribution in [1.29, 1.82) is 5.41 Å². The van der Waals surface area contributed by atoms with Crippen LogP contribution in [-0.4, -0.2) is 22.4 Å². The van der Waals surface area contributed by atoms with Gasteiger partial charge in [0.2, 0.25) is 5.91 Å². The molecule has 2 atom stereocenters. The number of nitrogens with two attached hydrogens (primary N) is 1. The van der Waals surface area contributed by atoms with Gasteiger partial charge in [0.15, 0.2) is 5.17 Å². The normalized spacial score (nSPS) is 14.7. The molecule has 0 bridgehead atoms. The second-order valence-corrected chi connectivity index (χ2v) is 4.32. The number of hydrogen-bond donors (Lipinski definition) is 3. The van der Waals surface area contributed by atoms with Crippen molar-refractivity contribution in [3.63, 3.8) is 0 Å². The molecule has 5 heteroatoms. The number of carbonyl (C=O) groups is 1. The Labute approximate surface area is 83.2 Å². The van der Waals surface area contributed by atoms with Crippen molar-refractivity contribution >= 4 is 22.8 Å². The fraction of sp³-hybridized carbons (Fsp3) is 0.750. The maximum Gasteiger partial charge on any atom is 0.233 e. The average Bonchev–Trinajstić information content (AvgIpc) is 2.02. The van der Waals surface area contributed by atoms with E-state index >= 15 is 0 Å². The summed E-state index contributed by atoms with van der Waals surface area (Å²) < 4.78 is 0. The monoisotopic (exact) mass is 203 g/mol. The fourth-order valence-electron chi connectivity index (χ4n) is 0.706. The van der Waals surface area contributed by atoms with E-state index in [1.165, 1.54) is 0 Å². The maximum atomic E-state index is 11.4. The minimum Gasteiger partial charge on any atom is -0.379 e. The first kappa shape index (κ1) is 12.3. The van der Waals surface area contributed by atoms with Crippen molar-refractivity contribution in [2.24, 2.45) is 5.73 Å². The summed E-state index contributed by atoms with van der Waals surface area (Å²) in [4.78, 5) is 11.4. The van der Waals surface area contributed by atoms with Crippen molar-refractivity contribution in [3.8, 4) is 0 Å². The van der Waals surface area contributed by atoms with Crippen LogP contribution in [0.1, 0.15) is 27.2 Å². The van der Waals surface area contributed by atoms with Crippen LogP contribution in [0.15, 0.2) is 0 Å². The van der Waals surface area contributed by atoms with E-state index in [4.69, 9.17) is 11.1 Å². The van der Waals surface area contributed by atoms with E-state index in [1.54, 1.807) is 6.92 Å². The lowest BCUT2D eigenvalue weighted by atomic mass is 10.2. The van der Waals surface area contributed by atoms with Gasteiger partial charge in [-0.1, -0.05) is 18.7 Å². The van der Waals surface area contributed by atoms with Crippen LogP contribution in [-0.2, 0) is 4.79 Å². The molecular weight excluding hydrogens is 186 g/mol. The van der Waals surface area contributed by atoms with Crippen LogP contribution < -0.4 is 11.1 Å². The molecule has 0 aromatic heterocycles. The minimum atomic E-state index is -0.286. The van der Waals surface area contributed by atoms with Gasteiger partial charge < -0.3 is 11.1 Å². The molecule has 0 aliphatic rings. The molecule has 0 fully saturated rings. The number of amidine groups is 1. The number of nitrogens with one attached hydrogen (secondary N) is 2. The minimum absolute atomic E-state index is 0.0215. The summed E-state index contributed by atoms with van der Waals surface area (Å²) in [5.74, 6) is -0.0606. The van der Waals surface area contributed by atoms with E-state index in [1.807, 2.05) is 13.8 Å². The van der Waals surface area contributed by atoms with Gasteiger partial charge in [0, 0.05) is 6.04 Å². The lowest BCUT2D eigenvalue weighted by molar-refractivity contribution is -0.120. The van der Waals surface area contributed by atoms with E-state index in [0.717, 1.165) is 18.2 Å². The van der Waals surface area contributed by atoms with Crippen LogP contribution in [0.5, 0.6) is 0 Å². The van der Waals surface area contributed by atoms with Gasteiger partial charge in [-0.15, -0.1) is 0 Å². The van der Waals surface area contributed by atoms with Gasteiger partial charge in [0.05, 0.1) is 5.25 Å². The summed E-state index contributed by atoms with van der Waals surface area (Å²) in [7, 11) is 0. The first-order valence-electron chi connectivity index (χ1n) is 4.28. The summed E-state index contributed by atoms with van der Waals surface area (Å²) in [6, 6.07) is 0.183. The molecule has 0 aliphatic carbocycles. The quantitative estimate of drug-likeness (QED) is 0.469. The number of rotatable bonds is 4. The Morgan fingerprint density at radius 2 is 2.15 bits per heavy atom. The van der Waals surface area contributed by atoms with Gasteiger partial charge in [0.1, 0.15) is 0 Å². The molecular formula is C8H17N3OS. The molecule has 0 spiro atoms. The first-order chi connectivity index (χ1) is 5.97. The number of hydrogen-bond acceptors (Lipinski definition) is 3. The molecule has 4 nitrogen and oxygen atoms in total. The summed E-state index contributed by atoms with van der Waals surface area (Å²) in [5.41, 5.74) is 5.16. The number of amides is 1.